The zero-order valence-corrected chi connectivity index (χ0v) is 10.2. The Bertz CT molecular complexity index is 337. The molecule has 0 fully saturated rings. The first kappa shape index (κ1) is 13.0. The van der Waals surface area contributed by atoms with Gasteiger partial charge < -0.3 is 15.6 Å². The van der Waals surface area contributed by atoms with Crippen molar-refractivity contribution in [2.45, 2.75) is 32.3 Å². The molecule has 3 heteroatoms. The summed E-state index contributed by atoms with van der Waals surface area (Å²) in [6.07, 6.45) is 0.374. The molecule has 3 N–H and O–H groups in total. The molecular formula is C13H21NO2. The standard InChI is InChI=1S/C13H21NO2/c1-9-6-11(4-5-13(9)16-3)12(8-14)7-10(2)15/h4-6,10,12,15H,7-8,14H2,1-3H3. The van der Waals surface area contributed by atoms with E-state index in [0.29, 0.717) is 13.0 Å². The van der Waals surface area contributed by atoms with Gasteiger partial charge in [-0.1, -0.05) is 12.1 Å². The van der Waals surface area contributed by atoms with Crippen LogP contribution in [0.25, 0.3) is 0 Å². The van der Waals surface area contributed by atoms with Crippen LogP contribution in [0.1, 0.15) is 30.4 Å². The van der Waals surface area contributed by atoms with E-state index in [2.05, 4.69) is 6.07 Å². The van der Waals surface area contributed by atoms with Crippen LogP contribution in [-0.2, 0) is 0 Å². The maximum atomic E-state index is 9.41. The molecule has 3 nitrogen and oxygen atoms in total. The second-order valence-corrected chi connectivity index (χ2v) is 4.25. The Hall–Kier alpha value is -1.06. The lowest BCUT2D eigenvalue weighted by molar-refractivity contribution is 0.175. The molecular weight excluding hydrogens is 202 g/mol. The minimum Gasteiger partial charge on any atom is -0.496 e. The molecule has 90 valence electrons. The number of hydrogen-bond acceptors (Lipinski definition) is 3. The summed E-state index contributed by atoms with van der Waals surface area (Å²) in [6, 6.07) is 6.06. The molecule has 0 saturated carbocycles. The molecule has 1 aromatic rings. The molecule has 0 saturated heterocycles. The highest BCUT2D eigenvalue weighted by Crippen LogP contribution is 2.25. The second-order valence-electron chi connectivity index (χ2n) is 4.25. The summed E-state index contributed by atoms with van der Waals surface area (Å²) in [5.74, 6) is 1.10. The van der Waals surface area contributed by atoms with Crippen LogP contribution >= 0.6 is 0 Å². The first-order valence-corrected chi connectivity index (χ1v) is 5.61. The van der Waals surface area contributed by atoms with Crippen LogP contribution in [0.3, 0.4) is 0 Å². The zero-order chi connectivity index (χ0) is 12.1. The molecule has 0 amide bonds. The molecule has 0 bridgehead atoms. The fraction of sp³-hybridized carbons (Fsp3) is 0.538. The van der Waals surface area contributed by atoms with Crippen molar-refractivity contribution in [3.8, 4) is 5.75 Å². The fourth-order valence-corrected chi connectivity index (χ4v) is 1.94. The van der Waals surface area contributed by atoms with Gasteiger partial charge in [0.2, 0.25) is 0 Å². The largest absolute Gasteiger partial charge is 0.496 e. The number of aliphatic hydroxyl groups excluding tert-OH is 1. The number of rotatable bonds is 5. The molecule has 0 spiro atoms. The van der Waals surface area contributed by atoms with Crippen molar-refractivity contribution in [3.05, 3.63) is 29.3 Å². The zero-order valence-electron chi connectivity index (χ0n) is 10.2. The van der Waals surface area contributed by atoms with Gasteiger partial charge in [0.05, 0.1) is 13.2 Å². The molecule has 1 rings (SSSR count). The Labute approximate surface area is 97.2 Å². The predicted octanol–water partition coefficient (Wildman–Crippen LogP) is 1.82. The molecule has 2 atom stereocenters. The van der Waals surface area contributed by atoms with Gasteiger partial charge in [0.15, 0.2) is 0 Å². The third-order valence-corrected chi connectivity index (χ3v) is 2.80. The minimum absolute atomic E-state index is 0.213. The topological polar surface area (TPSA) is 55.5 Å². The Morgan fingerprint density at radius 1 is 1.44 bits per heavy atom. The lowest BCUT2D eigenvalue weighted by atomic mass is 9.92. The van der Waals surface area contributed by atoms with Gasteiger partial charge in [-0.15, -0.1) is 0 Å². The Balaban J connectivity index is 2.89. The van der Waals surface area contributed by atoms with Crippen molar-refractivity contribution in [1.82, 2.24) is 0 Å². The van der Waals surface area contributed by atoms with Crippen molar-refractivity contribution in [2.75, 3.05) is 13.7 Å². The average molecular weight is 223 g/mol. The van der Waals surface area contributed by atoms with Gasteiger partial charge in [0.1, 0.15) is 5.75 Å². The molecule has 2 unspecified atom stereocenters. The van der Waals surface area contributed by atoms with Crippen LogP contribution in [0, 0.1) is 6.92 Å². The molecule has 0 aliphatic carbocycles. The van der Waals surface area contributed by atoms with Gasteiger partial charge in [0, 0.05) is 0 Å². The molecule has 0 aliphatic rings. The summed E-state index contributed by atoms with van der Waals surface area (Å²) in [5, 5.41) is 9.41. The minimum atomic E-state index is -0.323. The van der Waals surface area contributed by atoms with E-state index in [0.717, 1.165) is 11.3 Å². The maximum Gasteiger partial charge on any atom is 0.121 e. The highest BCUT2D eigenvalue weighted by atomic mass is 16.5. The van der Waals surface area contributed by atoms with Crippen molar-refractivity contribution in [1.29, 1.82) is 0 Å². The van der Waals surface area contributed by atoms with Gasteiger partial charge in [-0.2, -0.15) is 0 Å². The van der Waals surface area contributed by atoms with Crippen LogP contribution < -0.4 is 10.5 Å². The third kappa shape index (κ3) is 3.22. The van der Waals surface area contributed by atoms with E-state index in [-0.39, 0.29) is 12.0 Å². The van der Waals surface area contributed by atoms with Crippen LogP contribution in [-0.4, -0.2) is 24.9 Å². The van der Waals surface area contributed by atoms with Crippen LogP contribution in [0.2, 0.25) is 0 Å². The molecule has 0 radical (unpaired) electrons. The average Bonchev–Trinajstić information content (AvgIpc) is 2.25. The quantitative estimate of drug-likeness (QED) is 0.800. The summed E-state index contributed by atoms with van der Waals surface area (Å²) in [7, 11) is 1.66. The molecule has 16 heavy (non-hydrogen) atoms. The first-order valence-electron chi connectivity index (χ1n) is 5.61. The number of aryl methyl sites for hydroxylation is 1. The SMILES string of the molecule is COc1ccc(C(CN)CC(C)O)cc1C. The van der Waals surface area contributed by atoms with Crippen LogP contribution in [0.4, 0.5) is 0 Å². The van der Waals surface area contributed by atoms with Crippen molar-refractivity contribution >= 4 is 0 Å². The third-order valence-electron chi connectivity index (χ3n) is 2.80. The van der Waals surface area contributed by atoms with Crippen molar-refractivity contribution in [3.63, 3.8) is 0 Å². The van der Waals surface area contributed by atoms with Gasteiger partial charge in [-0.25, -0.2) is 0 Å². The Morgan fingerprint density at radius 2 is 2.12 bits per heavy atom. The highest BCUT2D eigenvalue weighted by Gasteiger charge is 2.13. The van der Waals surface area contributed by atoms with Crippen LogP contribution in [0.15, 0.2) is 18.2 Å². The molecule has 1 aromatic carbocycles. The molecule has 0 aliphatic heterocycles. The summed E-state index contributed by atoms with van der Waals surface area (Å²) in [4.78, 5) is 0. The normalized spacial score (nSPS) is 14.6. The van der Waals surface area contributed by atoms with Gasteiger partial charge in [0.25, 0.3) is 0 Å². The molecule has 0 aromatic heterocycles. The molecule has 0 heterocycles. The maximum absolute atomic E-state index is 9.41. The highest BCUT2D eigenvalue weighted by molar-refractivity contribution is 5.37. The van der Waals surface area contributed by atoms with E-state index in [1.165, 1.54) is 5.56 Å². The van der Waals surface area contributed by atoms with Gasteiger partial charge in [-0.05, 0) is 49.9 Å². The number of aliphatic hydroxyl groups is 1. The van der Waals surface area contributed by atoms with Crippen molar-refractivity contribution in [2.24, 2.45) is 5.73 Å². The van der Waals surface area contributed by atoms with Crippen molar-refractivity contribution < 1.29 is 9.84 Å². The summed E-state index contributed by atoms with van der Waals surface area (Å²) >= 11 is 0. The first-order chi connectivity index (χ1) is 7.58. The van der Waals surface area contributed by atoms with E-state index in [4.69, 9.17) is 10.5 Å². The number of ether oxygens (including phenoxy) is 1. The van der Waals surface area contributed by atoms with Crippen LogP contribution in [0.5, 0.6) is 5.75 Å². The monoisotopic (exact) mass is 223 g/mol. The summed E-state index contributed by atoms with van der Waals surface area (Å²) in [6.45, 7) is 4.36. The van der Waals surface area contributed by atoms with E-state index in [1.807, 2.05) is 19.1 Å². The van der Waals surface area contributed by atoms with E-state index in [9.17, 15) is 5.11 Å². The Morgan fingerprint density at radius 3 is 2.56 bits per heavy atom. The van der Waals surface area contributed by atoms with E-state index >= 15 is 0 Å². The summed E-state index contributed by atoms with van der Waals surface area (Å²) < 4.78 is 5.21. The number of methoxy groups -OCH3 is 1. The summed E-state index contributed by atoms with van der Waals surface area (Å²) in [5.41, 5.74) is 8.00. The number of nitrogens with two attached hydrogens (primary N) is 1. The predicted molar refractivity (Wildman–Crippen MR) is 65.8 cm³/mol. The fourth-order valence-electron chi connectivity index (χ4n) is 1.94. The Kier molecular flexibility index (Phi) is 4.77. The lowest BCUT2D eigenvalue weighted by Crippen LogP contribution is -2.17. The lowest BCUT2D eigenvalue weighted by Gasteiger charge is -2.18. The van der Waals surface area contributed by atoms with Gasteiger partial charge in [-0.3, -0.25) is 0 Å². The number of hydrogen-bond donors (Lipinski definition) is 2. The number of benzene rings is 1. The van der Waals surface area contributed by atoms with Gasteiger partial charge >= 0.3 is 0 Å². The van der Waals surface area contributed by atoms with E-state index < -0.39 is 0 Å². The smallest absolute Gasteiger partial charge is 0.121 e. The second kappa shape index (κ2) is 5.87. The van der Waals surface area contributed by atoms with E-state index in [1.54, 1.807) is 14.0 Å².